The number of aryl methyl sites for hydroxylation is 2. The Bertz CT molecular complexity index is 943. The summed E-state index contributed by atoms with van der Waals surface area (Å²) >= 11 is 0. The van der Waals surface area contributed by atoms with Gasteiger partial charge in [-0.3, -0.25) is 19.7 Å². The van der Waals surface area contributed by atoms with Crippen molar-refractivity contribution < 1.29 is 4.79 Å². The molecule has 1 amide bonds. The zero-order chi connectivity index (χ0) is 19.0. The number of aromatic nitrogens is 6. The lowest BCUT2D eigenvalue weighted by Gasteiger charge is -2.31. The monoisotopic (exact) mass is 367 g/mol. The number of amides is 1. The van der Waals surface area contributed by atoms with Crippen molar-refractivity contribution in [2.24, 2.45) is 7.05 Å². The van der Waals surface area contributed by atoms with Crippen LogP contribution in [0.1, 0.15) is 53.1 Å². The number of hydrogen-bond donors (Lipinski definition) is 2. The smallest absolute Gasteiger partial charge is 0.271 e. The fourth-order valence-electron chi connectivity index (χ4n) is 3.82. The van der Waals surface area contributed by atoms with Gasteiger partial charge in [0.15, 0.2) is 0 Å². The highest BCUT2D eigenvalue weighted by Gasteiger charge is 2.27. The number of carbonyl (C=O) groups excluding carboxylic acids is 1. The van der Waals surface area contributed by atoms with Gasteiger partial charge in [0.2, 0.25) is 0 Å². The third-order valence-electron chi connectivity index (χ3n) is 5.64. The first kappa shape index (κ1) is 17.5. The second-order valence-electron chi connectivity index (χ2n) is 7.16. The van der Waals surface area contributed by atoms with Crippen LogP contribution in [0.15, 0.2) is 18.5 Å². The maximum absolute atomic E-state index is 12.9. The molecule has 1 aliphatic rings. The summed E-state index contributed by atoms with van der Waals surface area (Å²) in [5, 5.41) is 18.8. The molecule has 8 nitrogen and oxygen atoms in total. The minimum Gasteiger partial charge on any atom is -0.337 e. The number of carbonyl (C=O) groups is 1. The Balaban J connectivity index is 1.43. The summed E-state index contributed by atoms with van der Waals surface area (Å²) in [6, 6.07) is 1.82. The van der Waals surface area contributed by atoms with E-state index in [1.165, 1.54) is 11.3 Å². The van der Waals surface area contributed by atoms with Gasteiger partial charge in [-0.05, 0) is 37.8 Å². The molecular weight excluding hydrogens is 342 g/mol. The summed E-state index contributed by atoms with van der Waals surface area (Å²) in [6.07, 6.45) is 6.57. The Morgan fingerprint density at radius 3 is 2.70 bits per heavy atom. The quantitative estimate of drug-likeness (QED) is 0.740. The van der Waals surface area contributed by atoms with Crippen LogP contribution in [0.3, 0.4) is 0 Å². The van der Waals surface area contributed by atoms with E-state index in [1.54, 1.807) is 10.9 Å². The number of H-pyrrole nitrogens is 2. The van der Waals surface area contributed by atoms with Gasteiger partial charge in [-0.15, -0.1) is 0 Å². The third-order valence-corrected chi connectivity index (χ3v) is 5.64. The number of piperidine rings is 1. The summed E-state index contributed by atoms with van der Waals surface area (Å²) < 4.78 is 1.80. The number of likely N-dealkylation sites (tertiary alicyclic amines) is 1. The van der Waals surface area contributed by atoms with E-state index in [2.05, 4.69) is 32.4 Å². The van der Waals surface area contributed by atoms with Crippen LogP contribution in [-0.2, 0) is 13.5 Å². The highest BCUT2D eigenvalue weighted by Crippen LogP contribution is 2.30. The largest absolute Gasteiger partial charge is 0.337 e. The average molecular weight is 367 g/mol. The van der Waals surface area contributed by atoms with Crippen LogP contribution in [0.25, 0.3) is 11.3 Å². The lowest BCUT2D eigenvalue weighted by atomic mass is 9.90. The highest BCUT2D eigenvalue weighted by atomic mass is 16.2. The molecule has 2 N–H and O–H groups in total. The Labute approximate surface area is 158 Å². The number of hydrogen-bond acceptors (Lipinski definition) is 4. The molecule has 4 heterocycles. The average Bonchev–Trinajstić information content (AvgIpc) is 3.42. The Kier molecular flexibility index (Phi) is 4.55. The van der Waals surface area contributed by atoms with E-state index >= 15 is 0 Å². The molecule has 0 bridgehead atoms. The van der Waals surface area contributed by atoms with Gasteiger partial charge in [-0.2, -0.15) is 15.3 Å². The molecule has 0 aliphatic carbocycles. The van der Waals surface area contributed by atoms with Crippen LogP contribution >= 0.6 is 0 Å². The van der Waals surface area contributed by atoms with Gasteiger partial charge >= 0.3 is 0 Å². The summed E-state index contributed by atoms with van der Waals surface area (Å²) in [5.74, 6) is 0.455. The van der Waals surface area contributed by atoms with E-state index < -0.39 is 0 Å². The number of nitrogens with zero attached hydrogens (tertiary/aromatic N) is 5. The molecule has 8 heteroatoms. The fourth-order valence-corrected chi connectivity index (χ4v) is 3.82. The molecule has 142 valence electrons. The van der Waals surface area contributed by atoms with E-state index in [9.17, 15) is 4.79 Å². The van der Waals surface area contributed by atoms with E-state index in [0.717, 1.165) is 49.3 Å². The Morgan fingerprint density at radius 2 is 2.04 bits per heavy atom. The lowest BCUT2D eigenvalue weighted by Crippen LogP contribution is -2.38. The van der Waals surface area contributed by atoms with Crippen LogP contribution in [0.2, 0.25) is 0 Å². The van der Waals surface area contributed by atoms with E-state index in [4.69, 9.17) is 0 Å². The van der Waals surface area contributed by atoms with Crippen LogP contribution in [-0.4, -0.2) is 54.1 Å². The molecule has 0 spiro atoms. The van der Waals surface area contributed by atoms with E-state index in [1.807, 2.05) is 31.1 Å². The standard InChI is InChI=1S/C19H25N7O/c1-4-13-10-20-24-18(13)14-5-7-26(8-6-14)19(27)17-9-16(22-23-17)15-11-21-25(3)12(15)2/h9-11,14H,4-8H2,1-3H3,(H,20,24)(H,22,23). The molecule has 0 aromatic carbocycles. The molecular formula is C19H25N7O. The maximum atomic E-state index is 12.9. The topological polar surface area (TPSA) is 95.5 Å². The van der Waals surface area contributed by atoms with Crippen LogP contribution < -0.4 is 0 Å². The molecule has 0 atom stereocenters. The number of aromatic amines is 2. The normalized spacial score (nSPS) is 15.4. The van der Waals surface area contributed by atoms with Crippen molar-refractivity contribution in [3.05, 3.63) is 41.1 Å². The van der Waals surface area contributed by atoms with E-state index in [-0.39, 0.29) is 5.91 Å². The second-order valence-corrected chi connectivity index (χ2v) is 7.16. The summed E-state index contributed by atoms with van der Waals surface area (Å²) in [6.45, 7) is 5.62. The molecule has 27 heavy (non-hydrogen) atoms. The van der Waals surface area contributed by atoms with Gasteiger partial charge in [0.05, 0.1) is 18.1 Å². The summed E-state index contributed by atoms with van der Waals surface area (Å²) in [4.78, 5) is 14.8. The predicted molar refractivity (Wildman–Crippen MR) is 101 cm³/mol. The molecule has 3 aromatic heterocycles. The lowest BCUT2D eigenvalue weighted by molar-refractivity contribution is 0.0706. The Morgan fingerprint density at radius 1 is 1.26 bits per heavy atom. The first-order chi connectivity index (χ1) is 13.1. The Hall–Kier alpha value is -2.90. The SMILES string of the molecule is CCc1cn[nH]c1C1CCN(C(=O)c2cc(-c3cnn(C)c3C)n[nH]2)CC1. The van der Waals surface area contributed by atoms with Crippen molar-refractivity contribution >= 4 is 5.91 Å². The number of nitrogens with one attached hydrogen (secondary N) is 2. The summed E-state index contributed by atoms with van der Waals surface area (Å²) in [7, 11) is 1.89. The minimum atomic E-state index is 0.00840. The molecule has 4 rings (SSSR count). The summed E-state index contributed by atoms with van der Waals surface area (Å²) in [5.41, 5.74) is 5.77. The molecule has 0 unspecified atom stereocenters. The van der Waals surface area contributed by atoms with Gasteiger partial charge in [-0.25, -0.2) is 0 Å². The van der Waals surface area contributed by atoms with Gasteiger partial charge < -0.3 is 4.90 Å². The van der Waals surface area contributed by atoms with Crippen molar-refractivity contribution in [3.8, 4) is 11.3 Å². The molecule has 1 saturated heterocycles. The third kappa shape index (κ3) is 3.15. The molecule has 0 radical (unpaired) electrons. The molecule has 3 aromatic rings. The number of rotatable bonds is 4. The van der Waals surface area contributed by atoms with Crippen molar-refractivity contribution in [1.29, 1.82) is 0 Å². The molecule has 1 aliphatic heterocycles. The van der Waals surface area contributed by atoms with E-state index in [0.29, 0.717) is 11.6 Å². The molecule has 0 saturated carbocycles. The van der Waals surface area contributed by atoms with Gasteiger partial charge in [-0.1, -0.05) is 6.92 Å². The van der Waals surface area contributed by atoms with Gasteiger partial charge in [0.25, 0.3) is 5.91 Å². The zero-order valence-electron chi connectivity index (χ0n) is 16.0. The fraction of sp³-hybridized carbons (Fsp3) is 0.474. The van der Waals surface area contributed by atoms with Crippen LogP contribution in [0.4, 0.5) is 0 Å². The van der Waals surface area contributed by atoms with Crippen molar-refractivity contribution in [2.45, 2.75) is 39.0 Å². The van der Waals surface area contributed by atoms with Gasteiger partial charge in [0.1, 0.15) is 5.69 Å². The predicted octanol–water partition coefficient (Wildman–Crippen LogP) is 2.42. The molecule has 1 fully saturated rings. The highest BCUT2D eigenvalue weighted by molar-refractivity contribution is 5.93. The van der Waals surface area contributed by atoms with Gasteiger partial charge in [0, 0.05) is 43.0 Å². The zero-order valence-corrected chi connectivity index (χ0v) is 16.0. The van der Waals surface area contributed by atoms with Crippen LogP contribution in [0, 0.1) is 6.92 Å². The van der Waals surface area contributed by atoms with Crippen molar-refractivity contribution in [2.75, 3.05) is 13.1 Å². The second kappa shape index (κ2) is 7.02. The minimum absolute atomic E-state index is 0.00840. The maximum Gasteiger partial charge on any atom is 0.271 e. The van der Waals surface area contributed by atoms with Crippen molar-refractivity contribution in [3.63, 3.8) is 0 Å². The van der Waals surface area contributed by atoms with Crippen molar-refractivity contribution in [1.82, 2.24) is 35.1 Å². The first-order valence-corrected chi connectivity index (χ1v) is 9.44. The first-order valence-electron chi connectivity index (χ1n) is 9.44. The van der Waals surface area contributed by atoms with Crippen LogP contribution in [0.5, 0.6) is 0 Å².